The first kappa shape index (κ1) is 17.0. The summed E-state index contributed by atoms with van der Waals surface area (Å²) in [6.45, 7) is 0.731. The third-order valence-corrected chi connectivity index (χ3v) is 4.29. The van der Waals surface area contributed by atoms with Gasteiger partial charge < -0.3 is 14.9 Å². The van der Waals surface area contributed by atoms with E-state index in [4.69, 9.17) is 9.84 Å². The van der Waals surface area contributed by atoms with Crippen molar-refractivity contribution in [2.24, 2.45) is 0 Å². The molecule has 0 heterocycles. The number of aliphatic carboxylic acids is 1. The number of hydrogen-bond donors (Lipinski definition) is 2. The average molecular weight is 341 g/mol. The topological polar surface area (TPSA) is 87.1 Å². The number of aliphatic hydroxyl groups excluding tert-OH is 1. The van der Waals surface area contributed by atoms with Crippen molar-refractivity contribution in [2.75, 3.05) is 6.54 Å². The Kier molecular flexibility index (Phi) is 4.72. The van der Waals surface area contributed by atoms with Gasteiger partial charge in [0, 0.05) is 0 Å². The number of benzene rings is 2. The predicted octanol–water partition coefficient (Wildman–Crippen LogP) is 2.62. The van der Waals surface area contributed by atoms with E-state index < -0.39 is 24.8 Å². The molecule has 1 atom stereocenters. The summed E-state index contributed by atoms with van der Waals surface area (Å²) in [6, 6.07) is 14.0. The lowest BCUT2D eigenvalue weighted by atomic mass is 10.0. The van der Waals surface area contributed by atoms with Gasteiger partial charge in [0.15, 0.2) is 0 Å². The van der Waals surface area contributed by atoms with Gasteiger partial charge in [-0.25, -0.2) is 4.79 Å². The third kappa shape index (κ3) is 3.49. The van der Waals surface area contributed by atoms with Crippen LogP contribution in [0.4, 0.5) is 4.79 Å². The van der Waals surface area contributed by atoms with Crippen molar-refractivity contribution < 1.29 is 24.5 Å². The fourth-order valence-electron chi connectivity index (χ4n) is 3.08. The number of carboxylic acids is 1. The first-order valence-electron chi connectivity index (χ1n) is 7.99. The van der Waals surface area contributed by atoms with E-state index in [1.165, 1.54) is 18.1 Å². The molecule has 6 nitrogen and oxygen atoms in total. The molecular formula is C19H19NO5. The number of hydrogen-bond acceptors (Lipinski definition) is 4. The zero-order chi connectivity index (χ0) is 18.0. The number of carbonyl (C=O) groups is 2. The molecule has 1 aliphatic rings. The quantitative estimate of drug-likeness (QED) is 0.697. The SMILES string of the molecule is CC(O)N(CC(=O)O)C(=O)OCc1cccc2c1Cc1ccccc1-2. The largest absolute Gasteiger partial charge is 0.480 e. The molecule has 0 saturated heterocycles. The molecule has 3 rings (SSSR count). The van der Waals surface area contributed by atoms with E-state index >= 15 is 0 Å². The zero-order valence-corrected chi connectivity index (χ0v) is 13.8. The van der Waals surface area contributed by atoms with Crippen LogP contribution < -0.4 is 0 Å². The molecule has 0 aliphatic heterocycles. The van der Waals surface area contributed by atoms with E-state index in [0.717, 1.165) is 28.0 Å². The van der Waals surface area contributed by atoms with Gasteiger partial charge in [0.1, 0.15) is 19.4 Å². The molecule has 2 aromatic rings. The second kappa shape index (κ2) is 6.94. The Morgan fingerprint density at radius 2 is 1.88 bits per heavy atom. The highest BCUT2D eigenvalue weighted by atomic mass is 16.6. The summed E-state index contributed by atoms with van der Waals surface area (Å²) in [5, 5.41) is 18.4. The van der Waals surface area contributed by atoms with Crippen molar-refractivity contribution in [3.05, 3.63) is 59.2 Å². The maximum absolute atomic E-state index is 12.1. The Hall–Kier alpha value is -2.86. The minimum absolute atomic E-state index is 0.0266. The smallest absolute Gasteiger partial charge is 0.412 e. The van der Waals surface area contributed by atoms with Crippen LogP contribution >= 0.6 is 0 Å². The molecule has 6 heteroatoms. The van der Waals surface area contributed by atoms with Crippen LogP contribution in [0.3, 0.4) is 0 Å². The Labute approximate surface area is 145 Å². The Morgan fingerprint density at radius 3 is 2.60 bits per heavy atom. The van der Waals surface area contributed by atoms with Gasteiger partial charge >= 0.3 is 12.1 Å². The summed E-state index contributed by atoms with van der Waals surface area (Å²) in [6.07, 6.45) is -1.33. The highest BCUT2D eigenvalue weighted by Gasteiger charge is 2.24. The number of nitrogens with zero attached hydrogens (tertiary/aromatic N) is 1. The first-order chi connectivity index (χ1) is 12.0. The second-order valence-corrected chi connectivity index (χ2v) is 5.99. The Bertz CT molecular complexity index is 815. The molecule has 0 saturated carbocycles. The Balaban J connectivity index is 1.75. The average Bonchev–Trinajstić information content (AvgIpc) is 2.96. The van der Waals surface area contributed by atoms with E-state index in [9.17, 15) is 14.7 Å². The normalized spacial score (nSPS) is 12.9. The predicted molar refractivity (Wildman–Crippen MR) is 90.9 cm³/mol. The van der Waals surface area contributed by atoms with Crippen LogP contribution in [0, 0.1) is 0 Å². The van der Waals surface area contributed by atoms with Crippen LogP contribution in [0.15, 0.2) is 42.5 Å². The first-order valence-corrected chi connectivity index (χ1v) is 7.99. The van der Waals surface area contributed by atoms with Crippen LogP contribution in [0.5, 0.6) is 0 Å². The monoisotopic (exact) mass is 341 g/mol. The van der Waals surface area contributed by atoms with Crippen LogP contribution in [0.1, 0.15) is 23.6 Å². The molecule has 130 valence electrons. The molecule has 0 spiro atoms. The van der Waals surface area contributed by atoms with Crippen molar-refractivity contribution in [1.82, 2.24) is 4.90 Å². The standard InChI is InChI=1S/C19H19NO5/c1-12(21)20(10-18(22)23)19(24)25-11-14-6-4-8-16-15-7-3-2-5-13(15)9-17(14)16/h2-8,12,21H,9-11H2,1H3,(H,22,23). The molecule has 0 fully saturated rings. The summed E-state index contributed by atoms with van der Waals surface area (Å²) < 4.78 is 5.24. The maximum atomic E-state index is 12.1. The number of ether oxygens (including phenoxy) is 1. The summed E-state index contributed by atoms with van der Waals surface area (Å²) >= 11 is 0. The van der Waals surface area contributed by atoms with Crippen molar-refractivity contribution >= 4 is 12.1 Å². The molecule has 1 unspecified atom stereocenters. The summed E-state index contributed by atoms with van der Waals surface area (Å²) in [4.78, 5) is 23.7. The number of fused-ring (bicyclic) bond motifs is 3. The van der Waals surface area contributed by atoms with Gasteiger partial charge in [0.25, 0.3) is 0 Å². The number of rotatable bonds is 5. The minimum atomic E-state index is -1.24. The van der Waals surface area contributed by atoms with Gasteiger partial charge in [0.2, 0.25) is 0 Å². The van der Waals surface area contributed by atoms with E-state index in [0.29, 0.717) is 0 Å². The molecule has 1 aliphatic carbocycles. The highest BCUT2D eigenvalue weighted by Crippen LogP contribution is 2.38. The summed E-state index contributed by atoms with van der Waals surface area (Å²) in [5.41, 5.74) is 5.53. The van der Waals surface area contributed by atoms with Crippen molar-refractivity contribution in [1.29, 1.82) is 0 Å². The van der Waals surface area contributed by atoms with Gasteiger partial charge in [0.05, 0.1) is 0 Å². The molecule has 0 aromatic heterocycles. The molecule has 0 radical (unpaired) electrons. The van der Waals surface area contributed by atoms with Crippen LogP contribution in [0.25, 0.3) is 11.1 Å². The third-order valence-electron chi connectivity index (χ3n) is 4.29. The van der Waals surface area contributed by atoms with E-state index in [-0.39, 0.29) is 6.61 Å². The number of carbonyl (C=O) groups excluding carboxylic acids is 1. The van der Waals surface area contributed by atoms with Crippen LogP contribution in [-0.2, 0) is 22.6 Å². The van der Waals surface area contributed by atoms with Gasteiger partial charge in [-0.2, -0.15) is 0 Å². The number of carboxylic acid groups (broad SMARTS) is 1. The molecule has 25 heavy (non-hydrogen) atoms. The molecule has 0 bridgehead atoms. The fourth-order valence-corrected chi connectivity index (χ4v) is 3.08. The summed E-state index contributed by atoms with van der Waals surface area (Å²) in [5.74, 6) is -1.21. The number of amides is 1. The lowest BCUT2D eigenvalue weighted by Crippen LogP contribution is -2.42. The van der Waals surface area contributed by atoms with E-state index in [2.05, 4.69) is 12.1 Å². The van der Waals surface area contributed by atoms with Crippen molar-refractivity contribution in [2.45, 2.75) is 26.2 Å². The van der Waals surface area contributed by atoms with Crippen molar-refractivity contribution in [3.63, 3.8) is 0 Å². The zero-order valence-electron chi connectivity index (χ0n) is 13.8. The maximum Gasteiger partial charge on any atom is 0.412 e. The van der Waals surface area contributed by atoms with Gasteiger partial charge in [-0.05, 0) is 41.2 Å². The van der Waals surface area contributed by atoms with Gasteiger partial charge in [-0.3, -0.25) is 9.69 Å². The lowest BCUT2D eigenvalue weighted by molar-refractivity contribution is -0.140. The second-order valence-electron chi connectivity index (χ2n) is 5.99. The lowest BCUT2D eigenvalue weighted by Gasteiger charge is -2.23. The van der Waals surface area contributed by atoms with Crippen molar-refractivity contribution in [3.8, 4) is 11.1 Å². The van der Waals surface area contributed by atoms with Gasteiger partial charge in [-0.1, -0.05) is 42.5 Å². The Morgan fingerprint density at radius 1 is 1.16 bits per heavy atom. The molecule has 1 amide bonds. The molecular weight excluding hydrogens is 322 g/mol. The summed E-state index contributed by atoms with van der Waals surface area (Å²) in [7, 11) is 0. The molecule has 2 N–H and O–H groups in total. The highest BCUT2D eigenvalue weighted by molar-refractivity contribution is 5.78. The van der Waals surface area contributed by atoms with Gasteiger partial charge in [-0.15, -0.1) is 0 Å². The van der Waals surface area contributed by atoms with Crippen LogP contribution in [0.2, 0.25) is 0 Å². The van der Waals surface area contributed by atoms with E-state index in [1.807, 2.05) is 30.3 Å². The number of aliphatic hydroxyl groups is 1. The fraction of sp³-hybridized carbons (Fsp3) is 0.263. The minimum Gasteiger partial charge on any atom is -0.480 e. The van der Waals surface area contributed by atoms with E-state index in [1.54, 1.807) is 0 Å². The molecule has 2 aromatic carbocycles. The van der Waals surface area contributed by atoms with Crippen LogP contribution in [-0.4, -0.2) is 39.9 Å².